The van der Waals surface area contributed by atoms with Crippen molar-refractivity contribution >= 4 is 28.2 Å². The standard InChI is InChI=1S/C12H10ClN3O/c1-2-17-11-4-10-8(3-9(11)15)12(13)7(5-14)6-16-10/h3-4,6H,2,15H2,1H3. The number of nitriles is 1. The summed E-state index contributed by atoms with van der Waals surface area (Å²) < 4.78 is 5.37. The number of nitrogens with zero attached hydrogens (tertiary/aromatic N) is 2. The van der Waals surface area contributed by atoms with E-state index < -0.39 is 0 Å². The highest BCUT2D eigenvalue weighted by molar-refractivity contribution is 6.36. The van der Waals surface area contributed by atoms with Gasteiger partial charge in [-0.05, 0) is 13.0 Å². The van der Waals surface area contributed by atoms with Crippen LogP contribution in [0, 0.1) is 11.3 Å². The first-order valence-electron chi connectivity index (χ1n) is 5.08. The smallest absolute Gasteiger partial charge is 0.144 e. The van der Waals surface area contributed by atoms with E-state index in [0.717, 1.165) is 0 Å². The molecule has 0 aliphatic heterocycles. The van der Waals surface area contributed by atoms with Crippen molar-refractivity contribution < 1.29 is 4.74 Å². The van der Waals surface area contributed by atoms with Crippen molar-refractivity contribution in [1.29, 1.82) is 5.26 Å². The van der Waals surface area contributed by atoms with Gasteiger partial charge in [-0.15, -0.1) is 0 Å². The molecule has 0 fully saturated rings. The van der Waals surface area contributed by atoms with Crippen molar-refractivity contribution in [2.45, 2.75) is 6.92 Å². The van der Waals surface area contributed by atoms with E-state index in [1.165, 1.54) is 6.20 Å². The summed E-state index contributed by atoms with van der Waals surface area (Å²) in [4.78, 5) is 4.15. The van der Waals surface area contributed by atoms with Gasteiger partial charge in [0.05, 0.1) is 28.4 Å². The predicted octanol–water partition coefficient (Wildman–Crippen LogP) is 2.74. The van der Waals surface area contributed by atoms with Gasteiger partial charge in [0.25, 0.3) is 0 Å². The Hall–Kier alpha value is -1.99. The van der Waals surface area contributed by atoms with Crippen LogP contribution in [0.2, 0.25) is 5.02 Å². The lowest BCUT2D eigenvalue weighted by molar-refractivity contribution is 0.342. The first kappa shape index (κ1) is 11.5. The van der Waals surface area contributed by atoms with Gasteiger partial charge < -0.3 is 10.5 Å². The highest BCUT2D eigenvalue weighted by Gasteiger charge is 2.10. The fourth-order valence-corrected chi connectivity index (χ4v) is 1.81. The Morgan fingerprint density at radius 3 is 2.94 bits per heavy atom. The average Bonchev–Trinajstić information content (AvgIpc) is 2.32. The van der Waals surface area contributed by atoms with Crippen LogP contribution in [0.5, 0.6) is 5.75 Å². The molecular formula is C12H10ClN3O. The molecule has 0 aliphatic carbocycles. The molecule has 1 aromatic carbocycles. The number of benzene rings is 1. The van der Waals surface area contributed by atoms with Crippen molar-refractivity contribution in [1.82, 2.24) is 4.98 Å². The van der Waals surface area contributed by atoms with Gasteiger partial charge in [0.2, 0.25) is 0 Å². The van der Waals surface area contributed by atoms with E-state index in [9.17, 15) is 0 Å². The summed E-state index contributed by atoms with van der Waals surface area (Å²) in [5.74, 6) is 0.577. The number of ether oxygens (including phenoxy) is 1. The number of anilines is 1. The van der Waals surface area contributed by atoms with Gasteiger partial charge in [0.15, 0.2) is 0 Å². The minimum absolute atomic E-state index is 0.336. The van der Waals surface area contributed by atoms with E-state index in [-0.39, 0.29) is 0 Å². The summed E-state index contributed by atoms with van der Waals surface area (Å²) in [7, 11) is 0. The van der Waals surface area contributed by atoms with Crippen LogP contribution in [0.25, 0.3) is 10.9 Å². The maximum Gasteiger partial charge on any atom is 0.144 e. The van der Waals surface area contributed by atoms with Crippen LogP contribution in [0.1, 0.15) is 12.5 Å². The summed E-state index contributed by atoms with van der Waals surface area (Å²) in [6.07, 6.45) is 1.44. The molecule has 0 atom stereocenters. The van der Waals surface area contributed by atoms with Crippen LogP contribution in [0.3, 0.4) is 0 Å². The number of halogens is 1. The lowest BCUT2D eigenvalue weighted by atomic mass is 10.1. The summed E-state index contributed by atoms with van der Waals surface area (Å²) in [5.41, 5.74) is 7.32. The fourth-order valence-electron chi connectivity index (χ4n) is 1.56. The molecule has 0 bridgehead atoms. The van der Waals surface area contributed by atoms with Crippen LogP contribution < -0.4 is 10.5 Å². The third-order valence-electron chi connectivity index (χ3n) is 2.35. The molecule has 0 aliphatic rings. The van der Waals surface area contributed by atoms with Gasteiger partial charge >= 0.3 is 0 Å². The number of rotatable bonds is 2. The summed E-state index contributed by atoms with van der Waals surface area (Å²) in [5, 5.41) is 9.88. The Morgan fingerprint density at radius 1 is 1.53 bits per heavy atom. The third kappa shape index (κ3) is 1.97. The van der Waals surface area contributed by atoms with E-state index in [1.807, 2.05) is 13.0 Å². The first-order valence-corrected chi connectivity index (χ1v) is 5.45. The zero-order valence-electron chi connectivity index (χ0n) is 9.20. The molecule has 1 aromatic heterocycles. The van der Waals surface area contributed by atoms with E-state index in [1.54, 1.807) is 12.1 Å². The number of pyridine rings is 1. The highest BCUT2D eigenvalue weighted by atomic mass is 35.5. The second kappa shape index (κ2) is 4.48. The van der Waals surface area contributed by atoms with Gasteiger partial charge in [-0.2, -0.15) is 5.26 Å². The molecule has 0 unspecified atom stereocenters. The lowest BCUT2D eigenvalue weighted by Gasteiger charge is -2.09. The Labute approximate surface area is 104 Å². The number of nitrogen functional groups attached to an aromatic ring is 1. The van der Waals surface area contributed by atoms with Crippen LogP contribution in [-0.2, 0) is 0 Å². The number of hydrogen-bond donors (Lipinski definition) is 1. The van der Waals surface area contributed by atoms with Gasteiger partial charge in [0, 0.05) is 17.6 Å². The number of fused-ring (bicyclic) bond motifs is 1. The molecule has 5 heteroatoms. The van der Waals surface area contributed by atoms with E-state index in [0.29, 0.717) is 39.5 Å². The zero-order valence-corrected chi connectivity index (χ0v) is 9.95. The van der Waals surface area contributed by atoms with E-state index in [2.05, 4.69) is 4.98 Å². The maximum atomic E-state index is 8.86. The Balaban J connectivity index is 2.70. The van der Waals surface area contributed by atoms with E-state index >= 15 is 0 Å². The minimum Gasteiger partial charge on any atom is -0.492 e. The van der Waals surface area contributed by atoms with Crippen LogP contribution >= 0.6 is 11.6 Å². The molecule has 0 amide bonds. The Bertz CT molecular complexity index is 619. The van der Waals surface area contributed by atoms with E-state index in [4.69, 9.17) is 27.3 Å². The quantitative estimate of drug-likeness (QED) is 0.829. The Morgan fingerprint density at radius 2 is 2.29 bits per heavy atom. The molecule has 0 spiro atoms. The molecule has 0 saturated carbocycles. The molecule has 86 valence electrons. The molecular weight excluding hydrogens is 238 g/mol. The van der Waals surface area contributed by atoms with Crippen molar-refractivity contribution in [3.8, 4) is 11.8 Å². The lowest BCUT2D eigenvalue weighted by Crippen LogP contribution is -1.97. The third-order valence-corrected chi connectivity index (χ3v) is 2.76. The maximum absolute atomic E-state index is 8.86. The predicted molar refractivity (Wildman–Crippen MR) is 67.0 cm³/mol. The van der Waals surface area contributed by atoms with Crippen LogP contribution in [0.15, 0.2) is 18.3 Å². The first-order chi connectivity index (χ1) is 8.17. The van der Waals surface area contributed by atoms with Gasteiger partial charge in [0.1, 0.15) is 11.8 Å². The highest BCUT2D eigenvalue weighted by Crippen LogP contribution is 2.32. The molecule has 4 nitrogen and oxygen atoms in total. The average molecular weight is 248 g/mol. The van der Waals surface area contributed by atoms with Crippen LogP contribution in [-0.4, -0.2) is 11.6 Å². The molecule has 2 rings (SSSR count). The van der Waals surface area contributed by atoms with Crippen molar-refractivity contribution in [2.24, 2.45) is 0 Å². The molecule has 17 heavy (non-hydrogen) atoms. The molecule has 0 radical (unpaired) electrons. The summed E-state index contributed by atoms with van der Waals surface area (Å²) >= 11 is 6.08. The SMILES string of the molecule is CCOc1cc2ncc(C#N)c(Cl)c2cc1N. The topological polar surface area (TPSA) is 71.9 Å². The van der Waals surface area contributed by atoms with Crippen molar-refractivity contribution in [3.05, 3.63) is 28.9 Å². The monoisotopic (exact) mass is 247 g/mol. The summed E-state index contributed by atoms with van der Waals surface area (Å²) in [6.45, 7) is 2.41. The van der Waals surface area contributed by atoms with Gasteiger partial charge in [-0.25, -0.2) is 0 Å². The number of aromatic nitrogens is 1. The summed E-state index contributed by atoms with van der Waals surface area (Å²) in [6, 6.07) is 5.38. The van der Waals surface area contributed by atoms with Gasteiger partial charge in [-0.1, -0.05) is 11.6 Å². The van der Waals surface area contributed by atoms with Crippen LogP contribution in [0.4, 0.5) is 5.69 Å². The number of hydrogen-bond acceptors (Lipinski definition) is 4. The zero-order chi connectivity index (χ0) is 12.4. The van der Waals surface area contributed by atoms with Crippen molar-refractivity contribution in [2.75, 3.05) is 12.3 Å². The second-order valence-corrected chi connectivity index (χ2v) is 3.82. The largest absolute Gasteiger partial charge is 0.492 e. The molecule has 2 aromatic rings. The number of nitrogens with two attached hydrogens (primary N) is 1. The Kier molecular flexibility index (Phi) is 3.03. The second-order valence-electron chi connectivity index (χ2n) is 3.44. The van der Waals surface area contributed by atoms with Crippen molar-refractivity contribution in [3.63, 3.8) is 0 Å². The molecule has 2 N–H and O–H groups in total. The van der Waals surface area contributed by atoms with Gasteiger partial charge in [-0.3, -0.25) is 4.98 Å². The normalized spacial score (nSPS) is 10.2. The molecule has 1 heterocycles. The minimum atomic E-state index is 0.336. The molecule has 0 saturated heterocycles. The fraction of sp³-hybridized carbons (Fsp3) is 0.167.